The van der Waals surface area contributed by atoms with Crippen molar-refractivity contribution >= 4 is 26.0 Å². The fourth-order valence-corrected chi connectivity index (χ4v) is 4.65. The summed E-state index contributed by atoms with van der Waals surface area (Å²) in [5.41, 5.74) is 1.66. The first-order valence-electron chi connectivity index (χ1n) is 6.97. The SMILES string of the molecule is CNCc1cc(Br)c(C)c(S(=O)(=O)NC2CCOCC2)c1. The highest BCUT2D eigenvalue weighted by molar-refractivity contribution is 9.10. The highest BCUT2D eigenvalue weighted by atomic mass is 79.9. The zero-order valence-electron chi connectivity index (χ0n) is 12.3. The Balaban J connectivity index is 2.29. The van der Waals surface area contributed by atoms with Gasteiger partial charge >= 0.3 is 0 Å². The number of hydrogen-bond donors (Lipinski definition) is 2. The number of benzene rings is 1. The molecule has 1 aliphatic heterocycles. The molecule has 0 saturated carbocycles. The first-order chi connectivity index (χ1) is 9.94. The molecule has 0 amide bonds. The molecule has 1 aliphatic rings. The summed E-state index contributed by atoms with van der Waals surface area (Å²) in [6, 6.07) is 3.63. The number of rotatable bonds is 5. The van der Waals surface area contributed by atoms with E-state index in [0.717, 1.165) is 28.4 Å². The second kappa shape index (κ2) is 7.19. The lowest BCUT2D eigenvalue weighted by atomic mass is 10.1. The third-order valence-electron chi connectivity index (χ3n) is 3.57. The quantitative estimate of drug-likeness (QED) is 0.823. The summed E-state index contributed by atoms with van der Waals surface area (Å²) in [5, 5.41) is 3.04. The molecule has 0 radical (unpaired) electrons. The van der Waals surface area contributed by atoms with Gasteiger partial charge in [-0.25, -0.2) is 13.1 Å². The van der Waals surface area contributed by atoms with E-state index in [2.05, 4.69) is 26.0 Å². The van der Waals surface area contributed by atoms with Crippen molar-refractivity contribution in [3.63, 3.8) is 0 Å². The Labute approximate surface area is 134 Å². The van der Waals surface area contributed by atoms with E-state index in [1.807, 2.05) is 20.0 Å². The monoisotopic (exact) mass is 376 g/mol. The average molecular weight is 377 g/mol. The van der Waals surface area contributed by atoms with Crippen molar-refractivity contribution in [3.8, 4) is 0 Å². The van der Waals surface area contributed by atoms with E-state index in [-0.39, 0.29) is 6.04 Å². The van der Waals surface area contributed by atoms with E-state index < -0.39 is 10.0 Å². The van der Waals surface area contributed by atoms with Crippen LogP contribution in [-0.4, -0.2) is 34.7 Å². The predicted molar refractivity (Wildman–Crippen MR) is 85.8 cm³/mol. The van der Waals surface area contributed by atoms with Crippen molar-refractivity contribution in [3.05, 3.63) is 27.7 Å². The van der Waals surface area contributed by atoms with Crippen molar-refractivity contribution in [1.29, 1.82) is 0 Å². The molecule has 1 aromatic carbocycles. The first kappa shape index (κ1) is 16.9. The molecule has 1 fully saturated rings. The molecule has 2 N–H and O–H groups in total. The van der Waals surface area contributed by atoms with Gasteiger partial charge in [0.1, 0.15) is 0 Å². The van der Waals surface area contributed by atoms with E-state index in [1.54, 1.807) is 6.07 Å². The minimum absolute atomic E-state index is 0.0464. The maximum Gasteiger partial charge on any atom is 0.241 e. The average Bonchev–Trinajstić information content (AvgIpc) is 2.43. The second-order valence-electron chi connectivity index (χ2n) is 5.24. The van der Waals surface area contributed by atoms with Crippen molar-refractivity contribution in [2.75, 3.05) is 20.3 Å². The highest BCUT2D eigenvalue weighted by Gasteiger charge is 2.24. The predicted octanol–water partition coefficient (Wildman–Crippen LogP) is 1.93. The van der Waals surface area contributed by atoms with Crippen LogP contribution in [0.2, 0.25) is 0 Å². The largest absolute Gasteiger partial charge is 0.381 e. The van der Waals surface area contributed by atoms with E-state index in [9.17, 15) is 8.42 Å². The molecule has 1 heterocycles. The van der Waals surface area contributed by atoms with Gasteiger partial charge in [-0.3, -0.25) is 0 Å². The Morgan fingerprint density at radius 1 is 1.33 bits per heavy atom. The molecule has 1 aromatic rings. The number of hydrogen-bond acceptors (Lipinski definition) is 4. The third-order valence-corrected chi connectivity index (χ3v) is 6.04. The van der Waals surface area contributed by atoms with E-state index in [4.69, 9.17) is 4.74 Å². The molecule has 0 bridgehead atoms. The summed E-state index contributed by atoms with van der Waals surface area (Å²) in [6.07, 6.45) is 1.44. The lowest BCUT2D eigenvalue weighted by Gasteiger charge is -2.23. The molecule has 118 valence electrons. The van der Waals surface area contributed by atoms with Gasteiger partial charge in [-0.15, -0.1) is 0 Å². The van der Waals surface area contributed by atoms with Crippen LogP contribution in [0.25, 0.3) is 0 Å². The van der Waals surface area contributed by atoms with Crippen LogP contribution in [0.3, 0.4) is 0 Å². The smallest absolute Gasteiger partial charge is 0.241 e. The van der Waals surface area contributed by atoms with Crippen molar-refractivity contribution in [1.82, 2.24) is 10.0 Å². The Morgan fingerprint density at radius 2 is 2.00 bits per heavy atom. The van der Waals surface area contributed by atoms with Crippen LogP contribution >= 0.6 is 15.9 Å². The van der Waals surface area contributed by atoms with Crippen molar-refractivity contribution in [2.24, 2.45) is 0 Å². The highest BCUT2D eigenvalue weighted by Crippen LogP contribution is 2.26. The van der Waals surface area contributed by atoms with Gasteiger partial charge in [-0.1, -0.05) is 15.9 Å². The van der Waals surface area contributed by atoms with E-state index >= 15 is 0 Å². The molecule has 0 aromatic heterocycles. The normalized spacial score (nSPS) is 17.1. The summed E-state index contributed by atoms with van der Waals surface area (Å²) in [7, 11) is -1.68. The van der Waals surface area contributed by atoms with Gasteiger partial charge < -0.3 is 10.1 Å². The number of halogens is 1. The van der Waals surface area contributed by atoms with Gasteiger partial charge in [0, 0.05) is 30.3 Å². The Kier molecular flexibility index (Phi) is 5.79. The van der Waals surface area contributed by atoms with Crippen molar-refractivity contribution in [2.45, 2.75) is 37.2 Å². The Bertz CT molecular complexity index is 598. The molecule has 5 nitrogen and oxygen atoms in total. The maximum atomic E-state index is 12.6. The molecule has 0 aliphatic carbocycles. The van der Waals surface area contributed by atoms with Gasteiger partial charge in [0.15, 0.2) is 0 Å². The zero-order chi connectivity index (χ0) is 15.5. The minimum atomic E-state index is -3.52. The maximum absolute atomic E-state index is 12.6. The summed E-state index contributed by atoms with van der Waals surface area (Å²) >= 11 is 3.44. The Morgan fingerprint density at radius 3 is 2.62 bits per heavy atom. The first-order valence-corrected chi connectivity index (χ1v) is 9.25. The van der Waals surface area contributed by atoms with E-state index in [0.29, 0.717) is 24.7 Å². The summed E-state index contributed by atoms with van der Waals surface area (Å²) < 4.78 is 34.1. The number of nitrogens with one attached hydrogen (secondary N) is 2. The Hall–Kier alpha value is -0.470. The molecular formula is C14H21BrN2O3S. The van der Waals surface area contributed by atoms with Gasteiger partial charge in [0.2, 0.25) is 10.0 Å². The fourth-order valence-electron chi connectivity index (χ4n) is 2.39. The lowest BCUT2D eigenvalue weighted by molar-refractivity contribution is 0.0832. The van der Waals surface area contributed by atoms with Crippen LogP contribution in [0.4, 0.5) is 0 Å². The molecule has 1 saturated heterocycles. The van der Waals surface area contributed by atoms with Crippen molar-refractivity contribution < 1.29 is 13.2 Å². The van der Waals surface area contributed by atoms with E-state index in [1.165, 1.54) is 0 Å². The summed E-state index contributed by atoms with van der Waals surface area (Å²) in [6.45, 7) is 3.65. The van der Waals surface area contributed by atoms with Crippen LogP contribution in [0.15, 0.2) is 21.5 Å². The van der Waals surface area contributed by atoms with Gasteiger partial charge in [0.25, 0.3) is 0 Å². The molecule has 0 unspecified atom stereocenters. The van der Waals surface area contributed by atoms with Crippen LogP contribution in [0.5, 0.6) is 0 Å². The van der Waals surface area contributed by atoms with Crippen LogP contribution < -0.4 is 10.0 Å². The molecule has 7 heteroatoms. The topological polar surface area (TPSA) is 67.4 Å². The molecule has 2 rings (SSSR count). The summed E-state index contributed by atoms with van der Waals surface area (Å²) in [4.78, 5) is 0.341. The standard InChI is InChI=1S/C14H21BrN2O3S/c1-10-13(15)7-11(9-16-2)8-14(10)21(18,19)17-12-3-5-20-6-4-12/h7-8,12,16-17H,3-6,9H2,1-2H3. The molecule has 0 spiro atoms. The fraction of sp³-hybridized carbons (Fsp3) is 0.571. The van der Waals surface area contributed by atoms with Crippen LogP contribution in [0.1, 0.15) is 24.0 Å². The molecule has 0 atom stereocenters. The summed E-state index contributed by atoms with van der Waals surface area (Å²) in [5.74, 6) is 0. The van der Waals surface area contributed by atoms with Gasteiger partial charge in [0.05, 0.1) is 4.90 Å². The third kappa shape index (κ3) is 4.26. The minimum Gasteiger partial charge on any atom is -0.381 e. The second-order valence-corrected chi connectivity index (χ2v) is 7.78. The zero-order valence-corrected chi connectivity index (χ0v) is 14.7. The molecular weight excluding hydrogens is 356 g/mol. The van der Waals surface area contributed by atoms with Crippen LogP contribution in [0, 0.1) is 6.92 Å². The number of ether oxygens (including phenoxy) is 1. The van der Waals surface area contributed by atoms with Gasteiger partial charge in [-0.2, -0.15) is 0 Å². The van der Waals surface area contributed by atoms with Gasteiger partial charge in [-0.05, 0) is 50.1 Å². The molecule has 21 heavy (non-hydrogen) atoms. The van der Waals surface area contributed by atoms with Crippen LogP contribution in [-0.2, 0) is 21.3 Å². The lowest BCUT2D eigenvalue weighted by Crippen LogP contribution is -2.39. The number of sulfonamides is 1.